The lowest BCUT2D eigenvalue weighted by atomic mass is 9.94. The highest BCUT2D eigenvalue weighted by Crippen LogP contribution is 2.22. The van der Waals surface area contributed by atoms with E-state index in [4.69, 9.17) is 11.6 Å². The molecule has 0 aromatic heterocycles. The Bertz CT molecular complexity index is 456. The van der Waals surface area contributed by atoms with E-state index in [0.29, 0.717) is 16.5 Å². The molecule has 2 N–H and O–H groups in total. The summed E-state index contributed by atoms with van der Waals surface area (Å²) >= 11 is 9.40. The van der Waals surface area contributed by atoms with E-state index in [1.165, 1.54) is 0 Å². The summed E-state index contributed by atoms with van der Waals surface area (Å²) in [5, 5.41) is 6.81. The second-order valence-corrected chi connectivity index (χ2v) is 6.00. The van der Waals surface area contributed by atoms with Gasteiger partial charge in [0.2, 0.25) is 0 Å². The molecule has 2 unspecified atom stereocenters. The summed E-state index contributed by atoms with van der Waals surface area (Å²) in [4.78, 5) is 12.2. The fourth-order valence-corrected chi connectivity index (χ4v) is 2.86. The largest absolute Gasteiger partial charge is 0.348 e. The maximum absolute atomic E-state index is 12.2. The Kier molecular flexibility index (Phi) is 6.60. The minimum Gasteiger partial charge on any atom is -0.348 e. The van der Waals surface area contributed by atoms with Crippen LogP contribution in [0.25, 0.3) is 0 Å². The van der Waals surface area contributed by atoms with E-state index in [9.17, 15) is 4.79 Å². The van der Waals surface area contributed by atoms with Crippen molar-refractivity contribution >= 4 is 45.8 Å². The van der Waals surface area contributed by atoms with E-state index in [-0.39, 0.29) is 24.4 Å². The van der Waals surface area contributed by atoms with E-state index in [0.717, 1.165) is 24.0 Å². The number of carbonyl (C=O) groups is 1. The maximum Gasteiger partial charge on any atom is 0.253 e. The number of halogens is 3. The lowest BCUT2D eigenvalue weighted by Gasteiger charge is -2.30. The Labute approximate surface area is 133 Å². The van der Waals surface area contributed by atoms with E-state index in [2.05, 4.69) is 33.5 Å². The molecule has 1 amide bonds. The number of amides is 1. The molecule has 1 saturated heterocycles. The lowest BCUT2D eigenvalue weighted by molar-refractivity contribution is 0.0915. The first kappa shape index (κ1) is 16.8. The number of rotatable bonds is 2. The van der Waals surface area contributed by atoms with Crippen molar-refractivity contribution in [3.8, 4) is 0 Å². The molecular formula is C13H17BrCl2N2O. The Morgan fingerprint density at radius 1 is 1.53 bits per heavy atom. The van der Waals surface area contributed by atoms with Crippen LogP contribution in [-0.2, 0) is 0 Å². The Balaban J connectivity index is 0.00000180. The van der Waals surface area contributed by atoms with Crippen molar-refractivity contribution in [1.82, 2.24) is 10.6 Å². The van der Waals surface area contributed by atoms with E-state index >= 15 is 0 Å². The molecule has 2 rings (SSSR count). The topological polar surface area (TPSA) is 41.1 Å². The standard InChI is InChI=1S/C13H16BrClN2O.ClH/c1-8-4-5-16-7-12(8)17-13(18)10-3-2-9(14)6-11(10)15;/h2-3,6,8,12,16H,4-5,7H2,1H3,(H,17,18);1H. The Morgan fingerprint density at radius 2 is 2.26 bits per heavy atom. The van der Waals surface area contributed by atoms with Crippen LogP contribution < -0.4 is 10.6 Å². The number of benzene rings is 1. The van der Waals surface area contributed by atoms with Gasteiger partial charge >= 0.3 is 0 Å². The van der Waals surface area contributed by atoms with E-state index in [1.54, 1.807) is 12.1 Å². The SMILES string of the molecule is CC1CCNCC1NC(=O)c1ccc(Br)cc1Cl.Cl. The van der Waals surface area contributed by atoms with E-state index < -0.39 is 0 Å². The van der Waals surface area contributed by atoms with Crippen molar-refractivity contribution in [3.63, 3.8) is 0 Å². The van der Waals surface area contributed by atoms with E-state index in [1.807, 2.05) is 6.07 Å². The molecule has 6 heteroatoms. The Morgan fingerprint density at radius 3 is 2.89 bits per heavy atom. The molecule has 1 heterocycles. The van der Waals surface area contributed by atoms with Crippen LogP contribution in [0.3, 0.4) is 0 Å². The van der Waals surface area contributed by atoms with Gasteiger partial charge in [-0.15, -0.1) is 12.4 Å². The number of hydrogen-bond donors (Lipinski definition) is 2. The fourth-order valence-electron chi connectivity index (χ4n) is 2.10. The monoisotopic (exact) mass is 366 g/mol. The summed E-state index contributed by atoms with van der Waals surface area (Å²) in [5.41, 5.74) is 0.526. The molecule has 0 spiro atoms. The highest BCUT2D eigenvalue weighted by molar-refractivity contribution is 9.10. The molecule has 0 saturated carbocycles. The molecule has 1 aliphatic rings. The molecule has 106 valence electrons. The predicted molar refractivity (Wildman–Crippen MR) is 84.3 cm³/mol. The highest BCUT2D eigenvalue weighted by atomic mass is 79.9. The first-order valence-corrected chi connectivity index (χ1v) is 7.21. The second kappa shape index (κ2) is 7.48. The number of nitrogens with one attached hydrogen (secondary N) is 2. The average molecular weight is 368 g/mol. The van der Waals surface area contributed by atoms with Crippen LogP contribution in [0.4, 0.5) is 0 Å². The average Bonchev–Trinajstić information content (AvgIpc) is 2.32. The zero-order valence-electron chi connectivity index (χ0n) is 10.6. The van der Waals surface area contributed by atoms with Crippen molar-refractivity contribution in [2.75, 3.05) is 13.1 Å². The molecule has 1 aromatic carbocycles. The van der Waals surface area contributed by atoms with Gasteiger partial charge < -0.3 is 10.6 Å². The van der Waals surface area contributed by atoms with Gasteiger partial charge in [-0.1, -0.05) is 34.5 Å². The molecule has 0 aliphatic carbocycles. The summed E-state index contributed by atoms with van der Waals surface area (Å²) < 4.78 is 0.872. The number of piperidine rings is 1. The van der Waals surface area contributed by atoms with Gasteiger partial charge in [-0.3, -0.25) is 4.79 Å². The smallest absolute Gasteiger partial charge is 0.253 e. The van der Waals surface area contributed by atoms with Crippen LogP contribution in [0.1, 0.15) is 23.7 Å². The van der Waals surface area contributed by atoms with Crippen LogP contribution in [0.2, 0.25) is 5.02 Å². The fraction of sp³-hybridized carbons (Fsp3) is 0.462. The molecule has 1 fully saturated rings. The molecule has 19 heavy (non-hydrogen) atoms. The molecule has 0 radical (unpaired) electrons. The van der Waals surface area contributed by atoms with Gasteiger partial charge in [0.1, 0.15) is 0 Å². The van der Waals surface area contributed by atoms with Gasteiger partial charge in [-0.25, -0.2) is 0 Å². The van der Waals surface area contributed by atoms with Crippen molar-refractivity contribution in [1.29, 1.82) is 0 Å². The summed E-state index contributed by atoms with van der Waals surface area (Å²) in [6.45, 7) is 4.00. The molecule has 1 aliphatic heterocycles. The second-order valence-electron chi connectivity index (χ2n) is 4.67. The summed E-state index contributed by atoms with van der Waals surface area (Å²) in [7, 11) is 0. The number of hydrogen-bond acceptors (Lipinski definition) is 2. The van der Waals surface area contributed by atoms with Gasteiger partial charge in [0.25, 0.3) is 5.91 Å². The first-order valence-electron chi connectivity index (χ1n) is 6.04. The van der Waals surface area contributed by atoms with Gasteiger partial charge in [-0.05, 0) is 37.1 Å². The lowest BCUT2D eigenvalue weighted by Crippen LogP contribution is -2.50. The van der Waals surface area contributed by atoms with Crippen LogP contribution in [0.15, 0.2) is 22.7 Å². The molecular weight excluding hydrogens is 351 g/mol. The quantitative estimate of drug-likeness (QED) is 0.842. The third-order valence-corrected chi connectivity index (χ3v) is 4.13. The molecule has 2 atom stereocenters. The first-order chi connectivity index (χ1) is 8.58. The van der Waals surface area contributed by atoms with Crippen LogP contribution in [-0.4, -0.2) is 25.0 Å². The summed E-state index contributed by atoms with van der Waals surface area (Å²) in [6, 6.07) is 5.47. The van der Waals surface area contributed by atoms with Crippen LogP contribution in [0.5, 0.6) is 0 Å². The normalized spacial score (nSPS) is 22.5. The van der Waals surface area contributed by atoms with Gasteiger partial charge in [0.15, 0.2) is 0 Å². The zero-order chi connectivity index (χ0) is 13.1. The van der Waals surface area contributed by atoms with Crippen molar-refractivity contribution in [2.45, 2.75) is 19.4 Å². The molecule has 0 bridgehead atoms. The third kappa shape index (κ3) is 4.35. The highest BCUT2D eigenvalue weighted by Gasteiger charge is 2.23. The number of carbonyl (C=O) groups excluding carboxylic acids is 1. The van der Waals surface area contributed by atoms with Gasteiger partial charge in [-0.2, -0.15) is 0 Å². The predicted octanol–water partition coefficient (Wildman–Crippen LogP) is 3.25. The van der Waals surface area contributed by atoms with Crippen LogP contribution >= 0.6 is 39.9 Å². The Hall–Kier alpha value is -0.290. The van der Waals surface area contributed by atoms with Crippen molar-refractivity contribution in [2.24, 2.45) is 5.92 Å². The summed E-state index contributed by atoms with van der Waals surface area (Å²) in [5.74, 6) is 0.387. The van der Waals surface area contributed by atoms with Crippen LogP contribution in [0, 0.1) is 5.92 Å². The maximum atomic E-state index is 12.2. The van der Waals surface area contributed by atoms with Crippen molar-refractivity contribution < 1.29 is 4.79 Å². The van der Waals surface area contributed by atoms with Crippen molar-refractivity contribution in [3.05, 3.63) is 33.3 Å². The minimum atomic E-state index is -0.104. The summed E-state index contributed by atoms with van der Waals surface area (Å²) in [6.07, 6.45) is 1.08. The third-order valence-electron chi connectivity index (χ3n) is 3.32. The van der Waals surface area contributed by atoms with Gasteiger partial charge in [0, 0.05) is 17.1 Å². The zero-order valence-corrected chi connectivity index (χ0v) is 13.7. The molecule has 1 aromatic rings. The van der Waals surface area contributed by atoms with Gasteiger partial charge in [0.05, 0.1) is 10.6 Å². The molecule has 3 nitrogen and oxygen atoms in total. The minimum absolute atomic E-state index is 0.